The minimum absolute atomic E-state index is 0.116. The molecule has 1 amide bonds. The van der Waals surface area contributed by atoms with Gasteiger partial charge in [-0.3, -0.25) is 9.59 Å². The summed E-state index contributed by atoms with van der Waals surface area (Å²) in [6, 6.07) is 5.34. The molecule has 0 unspecified atom stereocenters. The van der Waals surface area contributed by atoms with E-state index in [9.17, 15) is 14.7 Å². The van der Waals surface area contributed by atoms with E-state index in [1.54, 1.807) is 24.1 Å². The number of hydrogen-bond donors (Lipinski definition) is 1. The zero-order valence-electron chi connectivity index (χ0n) is 14.5. The van der Waals surface area contributed by atoms with E-state index >= 15 is 0 Å². The molecule has 25 heavy (non-hydrogen) atoms. The summed E-state index contributed by atoms with van der Waals surface area (Å²) in [6.45, 7) is 3.21. The first-order valence-corrected chi connectivity index (χ1v) is 8.32. The average Bonchev–Trinajstić information content (AvgIpc) is 3.01. The minimum Gasteiger partial charge on any atom is -0.496 e. The van der Waals surface area contributed by atoms with E-state index in [0.717, 1.165) is 11.3 Å². The fraction of sp³-hybridized carbons (Fsp3) is 0.556. The highest BCUT2D eigenvalue weighted by Gasteiger charge is 2.54. The summed E-state index contributed by atoms with van der Waals surface area (Å²) in [7, 11) is 1.60. The molecular weight excluding hydrogens is 326 g/mol. The number of methoxy groups -OCH3 is 1. The van der Waals surface area contributed by atoms with Gasteiger partial charge in [0, 0.05) is 25.6 Å². The van der Waals surface area contributed by atoms with Crippen molar-refractivity contribution in [1.82, 2.24) is 4.90 Å². The number of hydrogen-bond acceptors (Lipinski definition) is 5. The molecule has 0 aliphatic carbocycles. The summed E-state index contributed by atoms with van der Waals surface area (Å²) in [5, 5.41) is 9.65. The number of carboxylic acid groups (broad SMARTS) is 1. The zero-order chi connectivity index (χ0) is 18.0. The summed E-state index contributed by atoms with van der Waals surface area (Å²) in [6.07, 6.45) is 0.440. The van der Waals surface area contributed by atoms with E-state index in [2.05, 4.69) is 0 Å². The van der Waals surface area contributed by atoms with Crippen molar-refractivity contribution in [1.29, 1.82) is 0 Å². The molecule has 2 fully saturated rings. The summed E-state index contributed by atoms with van der Waals surface area (Å²) >= 11 is 0. The summed E-state index contributed by atoms with van der Waals surface area (Å²) in [5.74, 6) is 0.127. The van der Waals surface area contributed by atoms with Crippen molar-refractivity contribution in [3.63, 3.8) is 0 Å². The van der Waals surface area contributed by atoms with Crippen molar-refractivity contribution in [3.05, 3.63) is 23.8 Å². The van der Waals surface area contributed by atoms with Crippen LogP contribution in [0, 0.1) is 18.3 Å². The summed E-state index contributed by atoms with van der Waals surface area (Å²) in [4.78, 5) is 25.8. The molecule has 7 nitrogen and oxygen atoms in total. The number of ether oxygens (including phenoxy) is 3. The monoisotopic (exact) mass is 349 g/mol. The highest BCUT2D eigenvalue weighted by Crippen LogP contribution is 2.42. The van der Waals surface area contributed by atoms with Gasteiger partial charge in [0.15, 0.2) is 6.61 Å². The van der Waals surface area contributed by atoms with Crippen molar-refractivity contribution >= 4 is 11.9 Å². The van der Waals surface area contributed by atoms with Crippen LogP contribution in [0.15, 0.2) is 18.2 Å². The van der Waals surface area contributed by atoms with Gasteiger partial charge in [-0.25, -0.2) is 0 Å². The second kappa shape index (κ2) is 6.92. The maximum Gasteiger partial charge on any atom is 0.311 e. The molecule has 1 aromatic rings. The normalized spacial score (nSPS) is 25.4. The molecule has 0 saturated carbocycles. The van der Waals surface area contributed by atoms with Gasteiger partial charge in [-0.2, -0.15) is 0 Å². The standard InChI is InChI=1S/C18H23NO6/c1-12-7-14(3-4-15(12)23-2)25-10-16(20)19-8-13-9-24-6-5-18(13,11-19)17(21)22/h3-4,7,13H,5-6,8-11H2,1-2H3,(H,21,22)/t13-,18+/m0/s1. The predicted octanol–water partition coefficient (Wildman–Crippen LogP) is 1.33. The van der Waals surface area contributed by atoms with E-state index in [1.807, 2.05) is 13.0 Å². The van der Waals surface area contributed by atoms with E-state index < -0.39 is 11.4 Å². The van der Waals surface area contributed by atoms with Crippen molar-refractivity contribution in [2.24, 2.45) is 11.3 Å². The molecule has 0 bridgehead atoms. The van der Waals surface area contributed by atoms with Crippen molar-refractivity contribution < 1.29 is 28.9 Å². The lowest BCUT2D eigenvalue weighted by atomic mass is 9.74. The Labute approximate surface area is 146 Å². The van der Waals surface area contributed by atoms with Crippen molar-refractivity contribution in [2.45, 2.75) is 13.3 Å². The Morgan fingerprint density at radius 3 is 2.88 bits per heavy atom. The van der Waals surface area contributed by atoms with Crippen LogP contribution < -0.4 is 9.47 Å². The van der Waals surface area contributed by atoms with Gasteiger partial charge in [-0.05, 0) is 37.1 Å². The first kappa shape index (κ1) is 17.5. The summed E-state index contributed by atoms with van der Waals surface area (Å²) < 4.78 is 16.2. The molecule has 1 N–H and O–H groups in total. The van der Waals surface area contributed by atoms with Gasteiger partial charge in [0.2, 0.25) is 0 Å². The van der Waals surface area contributed by atoms with E-state index in [1.165, 1.54) is 0 Å². The Bertz CT molecular complexity index is 676. The predicted molar refractivity (Wildman–Crippen MR) is 88.8 cm³/mol. The minimum atomic E-state index is -0.884. The van der Waals surface area contributed by atoms with Gasteiger partial charge in [0.25, 0.3) is 5.91 Å². The third kappa shape index (κ3) is 3.28. The fourth-order valence-corrected chi connectivity index (χ4v) is 3.67. The summed E-state index contributed by atoms with van der Waals surface area (Å²) in [5.41, 5.74) is 0.0339. The van der Waals surface area contributed by atoms with Crippen LogP contribution in [0.25, 0.3) is 0 Å². The number of likely N-dealkylation sites (tertiary alicyclic amines) is 1. The topological polar surface area (TPSA) is 85.3 Å². The molecule has 2 aliphatic heterocycles. The highest BCUT2D eigenvalue weighted by atomic mass is 16.5. The van der Waals surface area contributed by atoms with Gasteiger partial charge in [0.05, 0.1) is 19.1 Å². The van der Waals surface area contributed by atoms with Gasteiger partial charge >= 0.3 is 5.97 Å². The van der Waals surface area contributed by atoms with Crippen LogP contribution in [0.4, 0.5) is 0 Å². The molecule has 0 aromatic heterocycles. The second-order valence-electron chi connectivity index (χ2n) is 6.68. The third-order valence-electron chi connectivity index (χ3n) is 5.21. The molecular formula is C18H23NO6. The number of carbonyl (C=O) groups excluding carboxylic acids is 1. The molecule has 2 saturated heterocycles. The Kier molecular flexibility index (Phi) is 4.85. The molecule has 7 heteroatoms. The van der Waals surface area contributed by atoms with Crippen LogP contribution in [-0.2, 0) is 14.3 Å². The lowest BCUT2D eigenvalue weighted by Crippen LogP contribution is -2.45. The first-order valence-electron chi connectivity index (χ1n) is 8.32. The Hall–Kier alpha value is -2.28. The average molecular weight is 349 g/mol. The number of rotatable bonds is 5. The number of carbonyl (C=O) groups is 2. The SMILES string of the molecule is COc1ccc(OCC(=O)N2C[C@H]3COCC[C@@]3(C(=O)O)C2)cc1C. The number of fused-ring (bicyclic) bond motifs is 1. The number of carboxylic acids is 1. The molecule has 2 atom stereocenters. The molecule has 3 rings (SSSR count). The molecule has 2 aliphatic rings. The van der Waals surface area contributed by atoms with E-state index in [-0.39, 0.29) is 25.0 Å². The Balaban J connectivity index is 1.62. The lowest BCUT2D eigenvalue weighted by molar-refractivity contribution is -0.157. The number of amides is 1. The Morgan fingerprint density at radius 1 is 1.44 bits per heavy atom. The second-order valence-corrected chi connectivity index (χ2v) is 6.68. The number of aryl methyl sites for hydroxylation is 1. The lowest BCUT2D eigenvalue weighted by Gasteiger charge is -2.33. The van der Waals surface area contributed by atoms with Gasteiger partial charge in [0.1, 0.15) is 11.5 Å². The van der Waals surface area contributed by atoms with Crippen LogP contribution in [0.5, 0.6) is 11.5 Å². The molecule has 0 spiro atoms. The van der Waals surface area contributed by atoms with Crippen LogP contribution in [-0.4, -0.2) is 61.9 Å². The van der Waals surface area contributed by atoms with Crippen LogP contribution >= 0.6 is 0 Å². The molecule has 136 valence electrons. The maximum absolute atomic E-state index is 12.5. The molecule has 1 aromatic carbocycles. The van der Waals surface area contributed by atoms with Crippen molar-refractivity contribution in [2.75, 3.05) is 40.0 Å². The number of nitrogens with zero attached hydrogens (tertiary/aromatic N) is 1. The van der Waals surface area contributed by atoms with Crippen LogP contribution in [0.2, 0.25) is 0 Å². The Morgan fingerprint density at radius 2 is 2.24 bits per heavy atom. The third-order valence-corrected chi connectivity index (χ3v) is 5.21. The largest absolute Gasteiger partial charge is 0.496 e. The fourth-order valence-electron chi connectivity index (χ4n) is 3.67. The van der Waals surface area contributed by atoms with E-state index in [0.29, 0.717) is 31.9 Å². The maximum atomic E-state index is 12.5. The number of benzene rings is 1. The van der Waals surface area contributed by atoms with Crippen molar-refractivity contribution in [3.8, 4) is 11.5 Å². The van der Waals surface area contributed by atoms with Gasteiger partial charge in [-0.15, -0.1) is 0 Å². The molecule has 2 heterocycles. The smallest absolute Gasteiger partial charge is 0.311 e. The highest BCUT2D eigenvalue weighted by molar-refractivity contribution is 5.82. The van der Waals surface area contributed by atoms with Crippen LogP contribution in [0.3, 0.4) is 0 Å². The zero-order valence-corrected chi connectivity index (χ0v) is 14.5. The van der Waals surface area contributed by atoms with Crippen LogP contribution in [0.1, 0.15) is 12.0 Å². The first-order chi connectivity index (χ1) is 12.0. The van der Waals surface area contributed by atoms with E-state index in [4.69, 9.17) is 14.2 Å². The van der Waals surface area contributed by atoms with Gasteiger partial charge < -0.3 is 24.2 Å². The van der Waals surface area contributed by atoms with Gasteiger partial charge in [-0.1, -0.05) is 0 Å². The number of aliphatic carboxylic acids is 1. The quantitative estimate of drug-likeness (QED) is 0.863. The molecule has 0 radical (unpaired) electrons.